The van der Waals surface area contributed by atoms with Gasteiger partial charge in [-0.1, -0.05) is 24.3 Å². The molecule has 4 heteroatoms. The van der Waals surface area contributed by atoms with Gasteiger partial charge < -0.3 is 4.90 Å². The average Bonchev–Trinajstić information content (AvgIpc) is 2.82. The van der Waals surface area contributed by atoms with Gasteiger partial charge in [-0.3, -0.25) is 10.1 Å². The molecule has 0 unspecified atom stereocenters. The number of non-ortho nitro benzene ring substituents is 1. The van der Waals surface area contributed by atoms with Crippen LogP contribution >= 0.6 is 0 Å². The van der Waals surface area contributed by atoms with Gasteiger partial charge in [0.25, 0.3) is 5.69 Å². The van der Waals surface area contributed by atoms with E-state index in [2.05, 4.69) is 17.0 Å². The second-order valence-electron chi connectivity index (χ2n) is 4.40. The lowest BCUT2D eigenvalue weighted by Crippen LogP contribution is -2.14. The molecule has 0 amide bonds. The van der Waals surface area contributed by atoms with Gasteiger partial charge in [-0.25, -0.2) is 0 Å². The van der Waals surface area contributed by atoms with Gasteiger partial charge in [-0.2, -0.15) is 0 Å². The zero-order chi connectivity index (χ0) is 12.5. The molecule has 3 rings (SSSR count). The molecule has 2 aromatic rings. The molecule has 0 aliphatic carbocycles. The Kier molecular flexibility index (Phi) is 2.48. The normalized spacial score (nSPS) is 13.4. The Morgan fingerprint density at radius 2 is 1.50 bits per heavy atom. The number of nitrogens with zero attached hydrogens (tertiary/aromatic N) is 2. The maximum absolute atomic E-state index is 10.6. The van der Waals surface area contributed by atoms with Crippen molar-refractivity contribution in [1.82, 2.24) is 0 Å². The van der Waals surface area contributed by atoms with Crippen LogP contribution in [0.4, 0.5) is 11.4 Å². The van der Waals surface area contributed by atoms with Crippen molar-refractivity contribution in [3.63, 3.8) is 0 Å². The fraction of sp³-hybridized carbons (Fsp3) is 0.143. The molecule has 1 aliphatic heterocycles. The summed E-state index contributed by atoms with van der Waals surface area (Å²) in [6.07, 6.45) is 0. The van der Waals surface area contributed by atoms with E-state index in [1.807, 2.05) is 24.3 Å². The molecule has 2 aromatic carbocycles. The van der Waals surface area contributed by atoms with E-state index in [9.17, 15) is 10.1 Å². The number of benzene rings is 2. The van der Waals surface area contributed by atoms with Crippen molar-refractivity contribution in [2.75, 3.05) is 4.90 Å². The van der Waals surface area contributed by atoms with Crippen molar-refractivity contribution in [3.8, 4) is 0 Å². The summed E-state index contributed by atoms with van der Waals surface area (Å²) in [7, 11) is 0. The van der Waals surface area contributed by atoms with Crippen LogP contribution in [0.1, 0.15) is 11.1 Å². The summed E-state index contributed by atoms with van der Waals surface area (Å²) in [5, 5.41) is 10.6. The van der Waals surface area contributed by atoms with E-state index in [0.717, 1.165) is 18.8 Å². The fourth-order valence-corrected chi connectivity index (χ4v) is 2.30. The molecule has 0 radical (unpaired) electrons. The molecule has 18 heavy (non-hydrogen) atoms. The molecular weight excluding hydrogens is 228 g/mol. The highest BCUT2D eigenvalue weighted by atomic mass is 16.6. The first-order chi connectivity index (χ1) is 8.74. The predicted molar refractivity (Wildman–Crippen MR) is 69.4 cm³/mol. The molecular formula is C14H12N2O2. The molecule has 1 heterocycles. The van der Waals surface area contributed by atoms with Crippen LogP contribution < -0.4 is 4.90 Å². The Morgan fingerprint density at radius 3 is 2.00 bits per heavy atom. The van der Waals surface area contributed by atoms with E-state index < -0.39 is 0 Å². The maximum atomic E-state index is 10.6. The van der Waals surface area contributed by atoms with E-state index in [4.69, 9.17) is 0 Å². The lowest BCUT2D eigenvalue weighted by molar-refractivity contribution is -0.384. The second kappa shape index (κ2) is 4.14. The molecule has 0 N–H and O–H groups in total. The molecule has 4 nitrogen and oxygen atoms in total. The van der Waals surface area contributed by atoms with Crippen LogP contribution in [-0.4, -0.2) is 4.92 Å². The number of fused-ring (bicyclic) bond motifs is 1. The summed E-state index contributed by atoms with van der Waals surface area (Å²) in [4.78, 5) is 12.4. The number of rotatable bonds is 2. The summed E-state index contributed by atoms with van der Waals surface area (Å²) in [5.41, 5.74) is 3.82. The maximum Gasteiger partial charge on any atom is 0.269 e. The van der Waals surface area contributed by atoms with E-state index in [-0.39, 0.29) is 10.6 Å². The minimum absolute atomic E-state index is 0.135. The molecule has 0 saturated carbocycles. The Hall–Kier alpha value is -2.36. The third-order valence-electron chi connectivity index (χ3n) is 3.27. The third-order valence-corrected chi connectivity index (χ3v) is 3.27. The van der Waals surface area contributed by atoms with Gasteiger partial charge in [0.15, 0.2) is 0 Å². The third kappa shape index (κ3) is 1.82. The molecule has 0 atom stereocenters. The minimum atomic E-state index is -0.373. The second-order valence-corrected chi connectivity index (χ2v) is 4.40. The zero-order valence-corrected chi connectivity index (χ0v) is 9.74. The Labute approximate surface area is 105 Å². The van der Waals surface area contributed by atoms with Crippen molar-refractivity contribution in [3.05, 3.63) is 69.8 Å². The van der Waals surface area contributed by atoms with E-state index >= 15 is 0 Å². The van der Waals surface area contributed by atoms with Gasteiger partial charge >= 0.3 is 0 Å². The number of anilines is 1. The van der Waals surface area contributed by atoms with Crippen molar-refractivity contribution in [1.29, 1.82) is 0 Å². The molecule has 1 aliphatic rings. The summed E-state index contributed by atoms with van der Waals surface area (Å²) >= 11 is 0. The summed E-state index contributed by atoms with van der Waals surface area (Å²) < 4.78 is 0. The lowest BCUT2D eigenvalue weighted by Gasteiger charge is -2.17. The molecule has 0 spiro atoms. The first-order valence-corrected chi connectivity index (χ1v) is 5.80. The highest BCUT2D eigenvalue weighted by Gasteiger charge is 2.18. The molecule has 0 bridgehead atoms. The van der Waals surface area contributed by atoms with Crippen molar-refractivity contribution in [2.45, 2.75) is 13.1 Å². The Balaban J connectivity index is 1.84. The van der Waals surface area contributed by atoms with Crippen LogP contribution in [0, 0.1) is 10.1 Å². The summed E-state index contributed by atoms with van der Waals surface area (Å²) in [5.74, 6) is 0. The lowest BCUT2D eigenvalue weighted by atomic mass is 10.1. The van der Waals surface area contributed by atoms with Crippen molar-refractivity contribution in [2.24, 2.45) is 0 Å². The monoisotopic (exact) mass is 240 g/mol. The van der Waals surface area contributed by atoms with Gasteiger partial charge in [0.2, 0.25) is 0 Å². The highest BCUT2D eigenvalue weighted by Crippen LogP contribution is 2.28. The van der Waals surface area contributed by atoms with Gasteiger partial charge in [-0.05, 0) is 23.3 Å². The van der Waals surface area contributed by atoms with Crippen LogP contribution in [0.25, 0.3) is 0 Å². The van der Waals surface area contributed by atoms with Crippen molar-refractivity contribution >= 4 is 11.4 Å². The average molecular weight is 240 g/mol. The Morgan fingerprint density at radius 1 is 0.944 bits per heavy atom. The van der Waals surface area contributed by atoms with Gasteiger partial charge in [0, 0.05) is 30.9 Å². The van der Waals surface area contributed by atoms with Gasteiger partial charge in [0.1, 0.15) is 0 Å². The van der Waals surface area contributed by atoms with E-state index in [0.29, 0.717) is 0 Å². The highest BCUT2D eigenvalue weighted by molar-refractivity contribution is 5.54. The molecule has 0 saturated heterocycles. The topological polar surface area (TPSA) is 46.4 Å². The van der Waals surface area contributed by atoms with E-state index in [1.54, 1.807) is 12.1 Å². The number of hydrogen-bond donors (Lipinski definition) is 0. The number of nitro benzene ring substituents is 1. The smallest absolute Gasteiger partial charge is 0.269 e. The summed E-state index contributed by atoms with van der Waals surface area (Å²) in [6, 6.07) is 15.1. The quantitative estimate of drug-likeness (QED) is 0.598. The largest absolute Gasteiger partial charge is 0.363 e. The first-order valence-electron chi connectivity index (χ1n) is 5.80. The minimum Gasteiger partial charge on any atom is -0.363 e. The van der Waals surface area contributed by atoms with Gasteiger partial charge in [0.05, 0.1) is 4.92 Å². The first kappa shape index (κ1) is 10.8. The van der Waals surface area contributed by atoms with Gasteiger partial charge in [-0.15, -0.1) is 0 Å². The molecule has 0 aromatic heterocycles. The SMILES string of the molecule is O=[N+]([O-])c1ccc(N2Cc3ccccc3C2)cc1. The van der Waals surface area contributed by atoms with E-state index in [1.165, 1.54) is 11.1 Å². The fourth-order valence-electron chi connectivity index (χ4n) is 2.30. The molecule has 90 valence electrons. The van der Waals surface area contributed by atoms with Crippen LogP contribution in [0.2, 0.25) is 0 Å². The number of hydrogen-bond acceptors (Lipinski definition) is 3. The molecule has 0 fully saturated rings. The van der Waals surface area contributed by atoms with Crippen LogP contribution in [-0.2, 0) is 13.1 Å². The standard InChI is InChI=1S/C14H12N2O2/c17-16(18)14-7-5-13(6-8-14)15-9-11-3-1-2-4-12(11)10-15/h1-8H,9-10H2. The van der Waals surface area contributed by atoms with Crippen LogP contribution in [0.5, 0.6) is 0 Å². The summed E-state index contributed by atoms with van der Waals surface area (Å²) in [6.45, 7) is 1.74. The zero-order valence-electron chi connectivity index (χ0n) is 9.74. The Bertz CT molecular complexity index is 568. The van der Waals surface area contributed by atoms with Crippen LogP contribution in [0.3, 0.4) is 0 Å². The number of nitro groups is 1. The van der Waals surface area contributed by atoms with Crippen molar-refractivity contribution < 1.29 is 4.92 Å². The van der Waals surface area contributed by atoms with Crippen LogP contribution in [0.15, 0.2) is 48.5 Å². The predicted octanol–water partition coefficient (Wildman–Crippen LogP) is 3.12.